The van der Waals surface area contributed by atoms with Crippen molar-refractivity contribution in [2.24, 2.45) is 0 Å². The van der Waals surface area contributed by atoms with Crippen LogP contribution in [-0.2, 0) is 0 Å². The van der Waals surface area contributed by atoms with E-state index < -0.39 is 0 Å². The normalized spacial score (nSPS) is 11.7. The lowest BCUT2D eigenvalue weighted by Gasteiger charge is -2.12. The van der Waals surface area contributed by atoms with Crippen molar-refractivity contribution in [3.8, 4) is 28.5 Å². The predicted octanol–water partition coefficient (Wildman–Crippen LogP) is 8.67. The number of hydrogen-bond donors (Lipinski definition) is 0. The molecule has 0 aliphatic carbocycles. The molecule has 0 fully saturated rings. The highest BCUT2D eigenvalue weighted by Gasteiger charge is 2.20. The molecule has 0 atom stereocenters. The molecular formula is C33H20N4S. The van der Waals surface area contributed by atoms with Crippen LogP contribution in [0.25, 0.3) is 70.4 Å². The topological polar surface area (TPSA) is 43.6 Å². The maximum Gasteiger partial charge on any atom is 0.0915 e. The van der Waals surface area contributed by atoms with Crippen LogP contribution in [0.2, 0.25) is 0 Å². The molecule has 0 spiro atoms. The summed E-state index contributed by atoms with van der Waals surface area (Å²) in [6.45, 7) is 0. The zero-order valence-electron chi connectivity index (χ0n) is 20.2. The maximum atomic E-state index is 5.00. The van der Waals surface area contributed by atoms with Gasteiger partial charge in [0.15, 0.2) is 0 Å². The van der Waals surface area contributed by atoms with Crippen molar-refractivity contribution in [1.29, 1.82) is 0 Å². The number of nitrogens with zero attached hydrogens (tertiary/aromatic N) is 4. The summed E-state index contributed by atoms with van der Waals surface area (Å²) in [5, 5.41) is 5.07. The first-order valence-corrected chi connectivity index (χ1v) is 13.4. The fourth-order valence-corrected chi connectivity index (χ4v) is 6.76. The molecule has 0 amide bonds. The van der Waals surface area contributed by atoms with Crippen LogP contribution < -0.4 is 0 Å². The number of thiophene rings is 1. The molecule has 0 aliphatic heterocycles. The van der Waals surface area contributed by atoms with Crippen molar-refractivity contribution < 1.29 is 0 Å². The second-order valence-electron chi connectivity index (χ2n) is 9.32. The van der Waals surface area contributed by atoms with Gasteiger partial charge in [-0.05, 0) is 53.2 Å². The number of para-hydroxylation sites is 1. The number of benzene rings is 3. The quantitative estimate of drug-likeness (QED) is 0.242. The van der Waals surface area contributed by atoms with Gasteiger partial charge in [0.1, 0.15) is 0 Å². The van der Waals surface area contributed by atoms with E-state index in [1.807, 2.05) is 60.1 Å². The zero-order valence-corrected chi connectivity index (χ0v) is 21.1. The number of fused-ring (bicyclic) bond motifs is 7. The Bertz CT molecular complexity index is 2070. The fraction of sp³-hybridized carbons (Fsp3) is 0. The van der Waals surface area contributed by atoms with Gasteiger partial charge in [-0.25, -0.2) is 4.98 Å². The average molecular weight is 505 g/mol. The Morgan fingerprint density at radius 3 is 1.89 bits per heavy atom. The third-order valence-corrected chi connectivity index (χ3v) is 8.35. The molecule has 0 unspecified atom stereocenters. The first-order valence-electron chi connectivity index (χ1n) is 12.5. The Morgan fingerprint density at radius 1 is 0.526 bits per heavy atom. The van der Waals surface area contributed by atoms with Gasteiger partial charge in [-0.1, -0.05) is 66.7 Å². The van der Waals surface area contributed by atoms with Gasteiger partial charge < -0.3 is 4.57 Å². The maximum absolute atomic E-state index is 5.00. The molecule has 0 aliphatic rings. The molecule has 8 aromatic rings. The van der Waals surface area contributed by atoms with Crippen LogP contribution in [0.3, 0.4) is 0 Å². The average Bonchev–Trinajstić information content (AvgIpc) is 3.53. The van der Waals surface area contributed by atoms with Gasteiger partial charge in [-0.2, -0.15) is 0 Å². The largest absolute Gasteiger partial charge is 0.308 e. The minimum atomic E-state index is 0.819. The molecule has 5 heteroatoms. The summed E-state index contributed by atoms with van der Waals surface area (Å²) in [4.78, 5) is 14.2. The Kier molecular flexibility index (Phi) is 4.66. The Morgan fingerprint density at radius 2 is 1.18 bits per heavy atom. The van der Waals surface area contributed by atoms with Crippen LogP contribution in [0.5, 0.6) is 0 Å². The summed E-state index contributed by atoms with van der Waals surface area (Å²) >= 11 is 1.88. The molecule has 0 N–H and O–H groups in total. The molecule has 8 rings (SSSR count). The van der Waals surface area contributed by atoms with E-state index in [1.165, 1.54) is 42.0 Å². The van der Waals surface area contributed by atoms with Crippen molar-refractivity contribution in [2.75, 3.05) is 0 Å². The van der Waals surface area contributed by atoms with Crippen molar-refractivity contribution in [3.05, 3.63) is 122 Å². The van der Waals surface area contributed by atoms with Crippen molar-refractivity contribution in [1.82, 2.24) is 19.5 Å². The minimum absolute atomic E-state index is 0.819. The molecule has 38 heavy (non-hydrogen) atoms. The smallest absolute Gasteiger partial charge is 0.0915 e. The Labute approximate surface area is 222 Å². The molecular weight excluding hydrogens is 484 g/mol. The summed E-state index contributed by atoms with van der Waals surface area (Å²) in [6, 6.07) is 38.0. The second-order valence-corrected chi connectivity index (χ2v) is 10.3. The van der Waals surface area contributed by atoms with Gasteiger partial charge in [0.2, 0.25) is 0 Å². The van der Waals surface area contributed by atoms with E-state index in [4.69, 9.17) is 4.98 Å². The fourth-order valence-electron chi connectivity index (χ4n) is 5.40. The van der Waals surface area contributed by atoms with Crippen molar-refractivity contribution >= 4 is 53.3 Å². The summed E-state index contributed by atoms with van der Waals surface area (Å²) in [5.74, 6) is 0. The van der Waals surface area contributed by atoms with E-state index in [1.54, 1.807) is 0 Å². The molecule has 3 aromatic carbocycles. The lowest BCUT2D eigenvalue weighted by molar-refractivity contribution is 1.15. The molecule has 0 saturated heterocycles. The third kappa shape index (κ3) is 3.19. The van der Waals surface area contributed by atoms with E-state index in [0.717, 1.165) is 28.5 Å². The molecule has 4 nitrogen and oxygen atoms in total. The number of aromatic nitrogens is 4. The van der Waals surface area contributed by atoms with Crippen LogP contribution in [-0.4, -0.2) is 19.5 Å². The van der Waals surface area contributed by atoms with Gasteiger partial charge in [0.25, 0.3) is 0 Å². The molecule has 5 aromatic heterocycles. The Hall–Kier alpha value is -4.87. The number of rotatable bonds is 3. The van der Waals surface area contributed by atoms with Crippen LogP contribution in [0.4, 0.5) is 0 Å². The van der Waals surface area contributed by atoms with Gasteiger partial charge in [0.05, 0.1) is 44.2 Å². The SMILES string of the molecule is c1ccc(-c2cc(-n3c4ccccc4c4sc5c6ccccc6ccc5c43)cc(-c3ccccn3)n2)nc1. The second kappa shape index (κ2) is 8.33. The van der Waals surface area contributed by atoms with E-state index in [2.05, 4.69) is 87.3 Å². The monoisotopic (exact) mass is 504 g/mol. The lowest BCUT2D eigenvalue weighted by Crippen LogP contribution is -1.99. The van der Waals surface area contributed by atoms with Crippen LogP contribution in [0.15, 0.2) is 122 Å². The standard InChI is InChI=1S/C33H20N4S/c1-2-10-23-21(9-1)15-16-25-31-33(38-32(23)25)24-11-3-4-14-30(24)37(31)22-19-28(26-12-5-7-17-34-26)36-29(20-22)27-13-6-8-18-35-27/h1-20H. The van der Waals surface area contributed by atoms with Crippen LogP contribution >= 0.6 is 11.3 Å². The van der Waals surface area contributed by atoms with Gasteiger partial charge in [0, 0.05) is 27.9 Å². The Balaban J connectivity index is 1.51. The van der Waals surface area contributed by atoms with Gasteiger partial charge >= 0.3 is 0 Å². The first kappa shape index (κ1) is 21.2. The highest BCUT2D eigenvalue weighted by atomic mass is 32.1. The predicted molar refractivity (Wildman–Crippen MR) is 158 cm³/mol. The van der Waals surface area contributed by atoms with E-state index in [9.17, 15) is 0 Å². The van der Waals surface area contributed by atoms with Crippen LogP contribution in [0, 0.1) is 0 Å². The minimum Gasteiger partial charge on any atom is -0.308 e. The van der Waals surface area contributed by atoms with E-state index in [-0.39, 0.29) is 0 Å². The van der Waals surface area contributed by atoms with Crippen molar-refractivity contribution in [3.63, 3.8) is 0 Å². The number of hydrogen-bond acceptors (Lipinski definition) is 4. The molecule has 178 valence electrons. The summed E-state index contributed by atoms with van der Waals surface area (Å²) in [6.07, 6.45) is 3.62. The highest BCUT2D eigenvalue weighted by Crippen LogP contribution is 2.45. The van der Waals surface area contributed by atoms with Gasteiger partial charge in [-0.15, -0.1) is 11.3 Å². The van der Waals surface area contributed by atoms with E-state index >= 15 is 0 Å². The third-order valence-electron chi connectivity index (χ3n) is 7.09. The summed E-state index contributed by atoms with van der Waals surface area (Å²) in [5.41, 5.74) is 6.75. The number of pyridine rings is 3. The first-order chi connectivity index (χ1) is 18.8. The summed E-state index contributed by atoms with van der Waals surface area (Å²) in [7, 11) is 0. The zero-order chi connectivity index (χ0) is 25.1. The molecule has 0 saturated carbocycles. The lowest BCUT2D eigenvalue weighted by atomic mass is 10.1. The molecule has 0 radical (unpaired) electrons. The van der Waals surface area contributed by atoms with Crippen molar-refractivity contribution in [2.45, 2.75) is 0 Å². The summed E-state index contributed by atoms with van der Waals surface area (Å²) < 4.78 is 5.00. The highest BCUT2D eigenvalue weighted by molar-refractivity contribution is 7.27. The van der Waals surface area contributed by atoms with Crippen LogP contribution in [0.1, 0.15) is 0 Å². The van der Waals surface area contributed by atoms with E-state index in [0.29, 0.717) is 0 Å². The molecule has 0 bridgehead atoms. The molecule has 5 heterocycles. The van der Waals surface area contributed by atoms with Gasteiger partial charge in [-0.3, -0.25) is 9.97 Å².